The molecule has 0 aliphatic heterocycles. The molecule has 27 heavy (non-hydrogen) atoms. The topological polar surface area (TPSA) is 97.2 Å². The number of rotatable bonds is 12. The van der Waals surface area contributed by atoms with Crippen molar-refractivity contribution in [2.75, 3.05) is 13.2 Å². The second kappa shape index (κ2) is 11.4. The molecule has 1 aromatic heterocycles. The summed E-state index contributed by atoms with van der Waals surface area (Å²) in [4.78, 5) is 27.4. The van der Waals surface area contributed by atoms with E-state index in [-0.39, 0.29) is 12.5 Å². The number of nitrogens with two attached hydrogens (primary N) is 1. The first-order chi connectivity index (χ1) is 13.2. The molecule has 2 rings (SSSR count). The standard InChI is InChI=1S/C21H31N3O3/c1-2-3-4-5-6-9-12-27-21(26)19(24-20(25)14-22)13-16-15-23-18-11-8-7-10-17(16)18/h7-8,10-11,15,19,23H,2-6,9,12-14,22H2,1H3,(H,24,25)/t19-/m0/s1. The number of aromatic amines is 1. The minimum atomic E-state index is -0.736. The van der Waals surface area contributed by atoms with Crippen LogP contribution >= 0.6 is 0 Å². The van der Waals surface area contributed by atoms with Gasteiger partial charge in [0, 0.05) is 23.5 Å². The maximum Gasteiger partial charge on any atom is 0.328 e. The minimum Gasteiger partial charge on any atom is -0.464 e. The lowest BCUT2D eigenvalue weighted by atomic mass is 10.0. The average Bonchev–Trinajstić information content (AvgIpc) is 3.09. The molecule has 0 fully saturated rings. The zero-order valence-electron chi connectivity index (χ0n) is 16.1. The fourth-order valence-corrected chi connectivity index (χ4v) is 3.12. The van der Waals surface area contributed by atoms with E-state index >= 15 is 0 Å². The van der Waals surface area contributed by atoms with Crippen molar-refractivity contribution < 1.29 is 14.3 Å². The largest absolute Gasteiger partial charge is 0.464 e. The van der Waals surface area contributed by atoms with E-state index in [4.69, 9.17) is 10.5 Å². The Labute approximate surface area is 160 Å². The summed E-state index contributed by atoms with van der Waals surface area (Å²) in [6.45, 7) is 2.41. The summed E-state index contributed by atoms with van der Waals surface area (Å²) in [5.74, 6) is -0.771. The summed E-state index contributed by atoms with van der Waals surface area (Å²) in [6, 6.07) is 7.13. The third kappa shape index (κ3) is 6.71. The Morgan fingerprint density at radius 2 is 1.89 bits per heavy atom. The number of amides is 1. The van der Waals surface area contributed by atoms with E-state index in [1.807, 2.05) is 30.5 Å². The van der Waals surface area contributed by atoms with Gasteiger partial charge in [-0.2, -0.15) is 0 Å². The molecule has 148 valence electrons. The van der Waals surface area contributed by atoms with Crippen LogP contribution < -0.4 is 11.1 Å². The highest BCUT2D eigenvalue weighted by Gasteiger charge is 2.23. The summed E-state index contributed by atoms with van der Waals surface area (Å²) < 4.78 is 5.41. The highest BCUT2D eigenvalue weighted by atomic mass is 16.5. The van der Waals surface area contributed by atoms with Gasteiger partial charge in [0.05, 0.1) is 13.2 Å². The van der Waals surface area contributed by atoms with Gasteiger partial charge in [-0.15, -0.1) is 0 Å². The van der Waals surface area contributed by atoms with Crippen LogP contribution in [0, 0.1) is 0 Å². The van der Waals surface area contributed by atoms with Crippen LogP contribution in [0.25, 0.3) is 10.9 Å². The lowest BCUT2D eigenvalue weighted by Gasteiger charge is -2.17. The van der Waals surface area contributed by atoms with Crippen LogP contribution in [0.15, 0.2) is 30.5 Å². The minimum absolute atomic E-state index is 0.158. The van der Waals surface area contributed by atoms with Gasteiger partial charge in [-0.3, -0.25) is 4.79 Å². The molecule has 0 spiro atoms. The van der Waals surface area contributed by atoms with Gasteiger partial charge in [-0.25, -0.2) is 4.79 Å². The van der Waals surface area contributed by atoms with Crippen LogP contribution in [-0.2, 0) is 20.7 Å². The summed E-state index contributed by atoms with van der Waals surface area (Å²) >= 11 is 0. The van der Waals surface area contributed by atoms with Crippen LogP contribution in [0.2, 0.25) is 0 Å². The Hall–Kier alpha value is -2.34. The number of carbonyl (C=O) groups excluding carboxylic acids is 2. The second-order valence-electron chi connectivity index (χ2n) is 6.82. The SMILES string of the molecule is CCCCCCCCOC(=O)[C@H](Cc1c[nH]c2ccccc12)NC(=O)CN. The zero-order chi connectivity index (χ0) is 19.5. The van der Waals surface area contributed by atoms with E-state index < -0.39 is 12.0 Å². The fourth-order valence-electron chi connectivity index (χ4n) is 3.12. The molecule has 0 unspecified atom stereocenters. The number of fused-ring (bicyclic) bond motifs is 1. The Morgan fingerprint density at radius 1 is 1.15 bits per heavy atom. The molecule has 2 aromatic rings. The summed E-state index contributed by atoms with van der Waals surface area (Å²) in [6.07, 6.45) is 8.98. The summed E-state index contributed by atoms with van der Waals surface area (Å²) in [7, 11) is 0. The van der Waals surface area contributed by atoms with E-state index in [1.165, 1.54) is 19.3 Å². The van der Waals surface area contributed by atoms with Gasteiger partial charge in [-0.1, -0.05) is 57.2 Å². The van der Waals surface area contributed by atoms with Gasteiger partial charge in [0.2, 0.25) is 5.91 Å². The average molecular weight is 373 g/mol. The lowest BCUT2D eigenvalue weighted by Crippen LogP contribution is -2.45. The smallest absolute Gasteiger partial charge is 0.328 e. The first kappa shape index (κ1) is 21.0. The van der Waals surface area contributed by atoms with Crippen molar-refractivity contribution >= 4 is 22.8 Å². The Balaban J connectivity index is 1.91. The third-order valence-corrected chi connectivity index (χ3v) is 4.65. The quantitative estimate of drug-likeness (QED) is 0.393. The van der Waals surface area contributed by atoms with Crippen molar-refractivity contribution in [3.8, 4) is 0 Å². The Kier molecular flexibility index (Phi) is 8.84. The maximum absolute atomic E-state index is 12.5. The van der Waals surface area contributed by atoms with E-state index in [1.54, 1.807) is 0 Å². The summed E-state index contributed by atoms with van der Waals surface area (Å²) in [5, 5.41) is 3.72. The number of ether oxygens (including phenoxy) is 1. The van der Waals surface area contributed by atoms with E-state index in [2.05, 4.69) is 17.2 Å². The molecular formula is C21H31N3O3. The molecule has 0 saturated heterocycles. The van der Waals surface area contributed by atoms with E-state index in [0.717, 1.165) is 35.7 Å². The molecule has 1 atom stereocenters. The molecule has 1 aromatic carbocycles. The molecule has 0 radical (unpaired) electrons. The van der Waals surface area contributed by atoms with Crippen LogP contribution in [0.1, 0.15) is 51.0 Å². The van der Waals surface area contributed by atoms with Gasteiger partial charge in [0.1, 0.15) is 6.04 Å². The van der Waals surface area contributed by atoms with Crippen molar-refractivity contribution in [3.63, 3.8) is 0 Å². The predicted molar refractivity (Wildman–Crippen MR) is 107 cm³/mol. The van der Waals surface area contributed by atoms with Crippen LogP contribution in [0.5, 0.6) is 0 Å². The highest BCUT2D eigenvalue weighted by Crippen LogP contribution is 2.19. The molecule has 4 N–H and O–H groups in total. The number of esters is 1. The number of aromatic nitrogens is 1. The van der Waals surface area contributed by atoms with Crippen LogP contribution in [0.3, 0.4) is 0 Å². The molecular weight excluding hydrogens is 342 g/mol. The van der Waals surface area contributed by atoms with Gasteiger partial charge in [-0.05, 0) is 18.1 Å². The van der Waals surface area contributed by atoms with E-state index in [0.29, 0.717) is 13.0 Å². The zero-order valence-corrected chi connectivity index (χ0v) is 16.1. The molecule has 1 amide bonds. The number of hydrogen-bond donors (Lipinski definition) is 3. The molecule has 1 heterocycles. The first-order valence-corrected chi connectivity index (χ1v) is 9.86. The monoisotopic (exact) mass is 373 g/mol. The van der Waals surface area contributed by atoms with Crippen LogP contribution in [0.4, 0.5) is 0 Å². The summed E-state index contributed by atoms with van der Waals surface area (Å²) in [5.41, 5.74) is 7.35. The molecule has 0 aliphatic carbocycles. The Bertz CT molecular complexity index is 726. The number of carbonyl (C=O) groups is 2. The van der Waals surface area contributed by atoms with Crippen molar-refractivity contribution in [1.82, 2.24) is 10.3 Å². The molecule has 0 bridgehead atoms. The number of nitrogens with one attached hydrogen (secondary N) is 2. The molecule has 6 heteroatoms. The van der Waals surface area contributed by atoms with Crippen LogP contribution in [-0.4, -0.2) is 36.1 Å². The van der Waals surface area contributed by atoms with Crippen molar-refractivity contribution in [2.24, 2.45) is 5.73 Å². The number of para-hydroxylation sites is 1. The number of H-pyrrole nitrogens is 1. The van der Waals surface area contributed by atoms with E-state index in [9.17, 15) is 9.59 Å². The van der Waals surface area contributed by atoms with Gasteiger partial charge < -0.3 is 20.8 Å². The van der Waals surface area contributed by atoms with Gasteiger partial charge in [0.25, 0.3) is 0 Å². The normalized spacial score (nSPS) is 12.1. The molecule has 0 aliphatic rings. The number of benzene rings is 1. The van der Waals surface area contributed by atoms with Gasteiger partial charge >= 0.3 is 5.97 Å². The van der Waals surface area contributed by atoms with Gasteiger partial charge in [0.15, 0.2) is 0 Å². The highest BCUT2D eigenvalue weighted by molar-refractivity contribution is 5.87. The van der Waals surface area contributed by atoms with Crippen molar-refractivity contribution in [2.45, 2.75) is 57.9 Å². The maximum atomic E-state index is 12.5. The molecule has 6 nitrogen and oxygen atoms in total. The first-order valence-electron chi connectivity index (χ1n) is 9.86. The fraction of sp³-hybridized carbons (Fsp3) is 0.524. The van der Waals surface area contributed by atoms with Crippen molar-refractivity contribution in [3.05, 3.63) is 36.0 Å². The third-order valence-electron chi connectivity index (χ3n) is 4.65. The lowest BCUT2D eigenvalue weighted by molar-refractivity contribution is -0.147. The number of hydrogen-bond acceptors (Lipinski definition) is 4. The second-order valence-corrected chi connectivity index (χ2v) is 6.82. The number of unbranched alkanes of at least 4 members (excludes halogenated alkanes) is 5. The predicted octanol–water partition coefficient (Wildman–Crippen LogP) is 3.06. The Morgan fingerprint density at radius 3 is 2.67 bits per heavy atom. The van der Waals surface area contributed by atoms with Crippen molar-refractivity contribution in [1.29, 1.82) is 0 Å². The molecule has 0 saturated carbocycles.